The number of para-hydroxylation sites is 1. The number of hydrogen-bond acceptors (Lipinski definition) is 5. The van der Waals surface area contributed by atoms with Crippen LogP contribution in [0.4, 0.5) is 0 Å². The summed E-state index contributed by atoms with van der Waals surface area (Å²) in [6.45, 7) is 4.01. The number of benzene rings is 1. The first-order valence-electron chi connectivity index (χ1n) is 9.94. The van der Waals surface area contributed by atoms with Gasteiger partial charge in [0.15, 0.2) is 0 Å². The average molecular weight is 414 g/mol. The molecule has 0 saturated carbocycles. The van der Waals surface area contributed by atoms with Gasteiger partial charge < -0.3 is 10.6 Å². The second-order valence-corrected chi connectivity index (χ2v) is 7.40. The highest BCUT2D eigenvalue weighted by atomic mass is 16.2. The molecule has 3 aromatic heterocycles. The zero-order chi connectivity index (χ0) is 21.8. The largest absolute Gasteiger partial charge is 0.349 e. The predicted molar refractivity (Wildman–Crippen MR) is 117 cm³/mol. The SMILES string of the molecule is CC(C)NC(=O)c1cccc(C(=O)NCc2cnn(-c3cnc4ccccc4c3)c2)n1. The minimum atomic E-state index is -0.362. The molecule has 0 radical (unpaired) electrons. The first-order chi connectivity index (χ1) is 15.0. The van der Waals surface area contributed by atoms with Gasteiger partial charge in [-0.3, -0.25) is 14.6 Å². The maximum absolute atomic E-state index is 12.5. The Labute approximate surface area is 179 Å². The summed E-state index contributed by atoms with van der Waals surface area (Å²) in [5.41, 5.74) is 2.97. The Morgan fingerprint density at radius 1 is 1.00 bits per heavy atom. The van der Waals surface area contributed by atoms with Crippen LogP contribution in [0.5, 0.6) is 0 Å². The van der Waals surface area contributed by atoms with Crippen molar-refractivity contribution in [2.75, 3.05) is 0 Å². The van der Waals surface area contributed by atoms with Gasteiger partial charge in [0.2, 0.25) is 0 Å². The standard InChI is InChI=1S/C23H22N6O2/c1-15(2)27-23(31)21-9-5-8-20(28-21)22(30)25-11-16-12-26-29(14-16)18-10-17-6-3-4-7-19(17)24-13-18/h3-10,12-15H,11H2,1-2H3,(H,25,30)(H,27,31). The quantitative estimate of drug-likeness (QED) is 0.505. The third-order valence-electron chi connectivity index (χ3n) is 4.56. The Balaban J connectivity index is 1.42. The van der Waals surface area contributed by atoms with Crippen molar-refractivity contribution in [2.24, 2.45) is 0 Å². The number of carbonyl (C=O) groups excluding carboxylic acids is 2. The predicted octanol–water partition coefficient (Wildman–Crippen LogP) is 2.88. The van der Waals surface area contributed by atoms with E-state index in [1.165, 1.54) is 0 Å². The zero-order valence-electron chi connectivity index (χ0n) is 17.2. The van der Waals surface area contributed by atoms with Gasteiger partial charge >= 0.3 is 0 Å². The van der Waals surface area contributed by atoms with Crippen molar-refractivity contribution in [3.8, 4) is 5.69 Å². The zero-order valence-corrected chi connectivity index (χ0v) is 17.2. The van der Waals surface area contributed by atoms with E-state index in [1.54, 1.807) is 35.3 Å². The van der Waals surface area contributed by atoms with Crippen molar-refractivity contribution in [1.29, 1.82) is 0 Å². The Kier molecular flexibility index (Phi) is 5.70. The summed E-state index contributed by atoms with van der Waals surface area (Å²) < 4.78 is 1.72. The van der Waals surface area contributed by atoms with Gasteiger partial charge in [-0.1, -0.05) is 24.3 Å². The summed E-state index contributed by atoms with van der Waals surface area (Å²) in [5.74, 6) is -0.672. The highest BCUT2D eigenvalue weighted by molar-refractivity contribution is 5.96. The van der Waals surface area contributed by atoms with E-state index in [-0.39, 0.29) is 35.8 Å². The molecule has 2 N–H and O–H groups in total. The van der Waals surface area contributed by atoms with Crippen LogP contribution in [0.15, 0.2) is 67.1 Å². The van der Waals surface area contributed by atoms with E-state index >= 15 is 0 Å². The second kappa shape index (κ2) is 8.74. The van der Waals surface area contributed by atoms with E-state index in [2.05, 4.69) is 25.7 Å². The third-order valence-corrected chi connectivity index (χ3v) is 4.56. The summed E-state index contributed by atoms with van der Waals surface area (Å²) in [7, 11) is 0. The van der Waals surface area contributed by atoms with Gasteiger partial charge in [-0.15, -0.1) is 0 Å². The molecule has 8 heteroatoms. The number of pyridine rings is 2. The molecular formula is C23H22N6O2. The van der Waals surface area contributed by atoms with Gasteiger partial charge in [-0.05, 0) is 38.1 Å². The number of aromatic nitrogens is 4. The summed E-state index contributed by atoms with van der Waals surface area (Å²) >= 11 is 0. The topological polar surface area (TPSA) is 102 Å². The Hall–Kier alpha value is -4.07. The Morgan fingerprint density at radius 3 is 2.58 bits per heavy atom. The lowest BCUT2D eigenvalue weighted by Crippen LogP contribution is -2.31. The lowest BCUT2D eigenvalue weighted by Gasteiger charge is -2.08. The Morgan fingerprint density at radius 2 is 1.77 bits per heavy atom. The van der Waals surface area contributed by atoms with E-state index in [0.29, 0.717) is 0 Å². The van der Waals surface area contributed by atoms with Gasteiger partial charge in [-0.25, -0.2) is 9.67 Å². The molecule has 0 bridgehead atoms. The molecule has 8 nitrogen and oxygen atoms in total. The van der Waals surface area contributed by atoms with Crippen molar-refractivity contribution in [3.63, 3.8) is 0 Å². The highest BCUT2D eigenvalue weighted by Crippen LogP contribution is 2.15. The lowest BCUT2D eigenvalue weighted by molar-refractivity contribution is 0.0936. The van der Waals surface area contributed by atoms with Crippen molar-refractivity contribution in [2.45, 2.75) is 26.4 Å². The van der Waals surface area contributed by atoms with Crippen molar-refractivity contribution in [3.05, 3.63) is 84.1 Å². The third kappa shape index (κ3) is 4.75. The van der Waals surface area contributed by atoms with Crippen LogP contribution in [0.25, 0.3) is 16.6 Å². The molecule has 0 aliphatic rings. The Bertz CT molecular complexity index is 1250. The van der Waals surface area contributed by atoms with Crippen LogP contribution in [-0.2, 0) is 6.54 Å². The normalized spacial score (nSPS) is 10.9. The first-order valence-corrected chi connectivity index (χ1v) is 9.94. The van der Waals surface area contributed by atoms with Gasteiger partial charge in [0.1, 0.15) is 11.4 Å². The molecule has 0 aliphatic carbocycles. The molecule has 0 unspecified atom stereocenters. The van der Waals surface area contributed by atoms with Crippen molar-refractivity contribution < 1.29 is 9.59 Å². The molecule has 0 atom stereocenters. The van der Waals surface area contributed by atoms with E-state index in [1.807, 2.05) is 50.4 Å². The van der Waals surface area contributed by atoms with Crippen LogP contribution in [0.1, 0.15) is 40.4 Å². The van der Waals surface area contributed by atoms with Crippen LogP contribution in [0, 0.1) is 0 Å². The van der Waals surface area contributed by atoms with E-state index in [0.717, 1.165) is 22.2 Å². The monoisotopic (exact) mass is 414 g/mol. The number of nitrogens with one attached hydrogen (secondary N) is 2. The van der Waals surface area contributed by atoms with E-state index in [4.69, 9.17) is 0 Å². The van der Waals surface area contributed by atoms with Crippen LogP contribution < -0.4 is 10.6 Å². The second-order valence-electron chi connectivity index (χ2n) is 7.40. The number of amides is 2. The minimum Gasteiger partial charge on any atom is -0.349 e. The number of carbonyl (C=O) groups is 2. The average Bonchev–Trinajstić information content (AvgIpc) is 3.26. The van der Waals surface area contributed by atoms with Crippen LogP contribution >= 0.6 is 0 Å². The fourth-order valence-corrected chi connectivity index (χ4v) is 3.07. The highest BCUT2D eigenvalue weighted by Gasteiger charge is 2.13. The summed E-state index contributed by atoms with van der Waals surface area (Å²) in [4.78, 5) is 33.2. The molecule has 4 rings (SSSR count). The first kappa shape index (κ1) is 20.2. The maximum atomic E-state index is 12.5. The number of rotatable bonds is 6. The molecule has 4 aromatic rings. The van der Waals surface area contributed by atoms with Gasteiger partial charge in [0.25, 0.3) is 11.8 Å². The molecule has 0 saturated heterocycles. The molecule has 0 spiro atoms. The summed E-state index contributed by atoms with van der Waals surface area (Å²) in [5, 5.41) is 11.0. The lowest BCUT2D eigenvalue weighted by atomic mass is 10.2. The summed E-state index contributed by atoms with van der Waals surface area (Å²) in [6, 6.07) is 14.7. The molecule has 31 heavy (non-hydrogen) atoms. The number of hydrogen-bond donors (Lipinski definition) is 2. The molecule has 3 heterocycles. The van der Waals surface area contributed by atoms with Crippen molar-refractivity contribution >= 4 is 22.7 Å². The fourth-order valence-electron chi connectivity index (χ4n) is 3.07. The van der Waals surface area contributed by atoms with Gasteiger partial charge in [-0.2, -0.15) is 5.10 Å². The van der Waals surface area contributed by atoms with Gasteiger partial charge in [0.05, 0.1) is 23.6 Å². The molecular weight excluding hydrogens is 392 g/mol. The minimum absolute atomic E-state index is 0.0128. The van der Waals surface area contributed by atoms with E-state index in [9.17, 15) is 9.59 Å². The number of nitrogens with zero attached hydrogens (tertiary/aromatic N) is 4. The number of fused-ring (bicyclic) bond motifs is 1. The van der Waals surface area contributed by atoms with Crippen LogP contribution in [0.2, 0.25) is 0 Å². The molecule has 0 fully saturated rings. The van der Waals surface area contributed by atoms with Crippen LogP contribution in [-0.4, -0.2) is 37.6 Å². The summed E-state index contributed by atoms with van der Waals surface area (Å²) in [6.07, 6.45) is 5.29. The molecule has 1 aromatic carbocycles. The van der Waals surface area contributed by atoms with Crippen LogP contribution in [0.3, 0.4) is 0 Å². The molecule has 2 amide bonds. The maximum Gasteiger partial charge on any atom is 0.270 e. The van der Waals surface area contributed by atoms with Crippen molar-refractivity contribution in [1.82, 2.24) is 30.4 Å². The smallest absolute Gasteiger partial charge is 0.270 e. The van der Waals surface area contributed by atoms with E-state index < -0.39 is 0 Å². The molecule has 0 aliphatic heterocycles. The molecule has 156 valence electrons. The fraction of sp³-hybridized carbons (Fsp3) is 0.174. The van der Waals surface area contributed by atoms with Gasteiger partial charge in [0, 0.05) is 29.7 Å².